The van der Waals surface area contributed by atoms with Gasteiger partial charge in [0.05, 0.1) is 6.10 Å². The number of fused-ring (bicyclic) bond motifs is 1. The smallest absolute Gasteiger partial charge is 0.300 e. The molecule has 0 aliphatic heterocycles. The largest absolute Gasteiger partial charge is 0.409 e. The molecule has 0 saturated heterocycles. The lowest BCUT2D eigenvalue weighted by Crippen LogP contribution is -2.40. The molecule has 1 aliphatic rings. The summed E-state index contributed by atoms with van der Waals surface area (Å²) in [5.74, 6) is -3.28. The minimum absolute atomic E-state index is 0.0609. The van der Waals surface area contributed by atoms with Crippen LogP contribution in [0.2, 0.25) is 11.6 Å². The van der Waals surface area contributed by atoms with Crippen molar-refractivity contribution in [3.8, 4) is 0 Å². The number of halogens is 2. The van der Waals surface area contributed by atoms with Crippen molar-refractivity contribution in [2.75, 3.05) is 0 Å². The first kappa shape index (κ1) is 18.6. The minimum Gasteiger partial charge on any atom is -0.409 e. The van der Waals surface area contributed by atoms with Crippen molar-refractivity contribution >= 4 is 9.04 Å². The van der Waals surface area contributed by atoms with Crippen LogP contribution in [-0.4, -0.2) is 19.7 Å². The maximum atomic E-state index is 14.6. The van der Waals surface area contributed by atoms with Crippen LogP contribution >= 0.6 is 0 Å². The lowest BCUT2D eigenvalue weighted by atomic mass is 9.89. The van der Waals surface area contributed by atoms with E-state index in [0.717, 1.165) is 25.8 Å². The van der Waals surface area contributed by atoms with Crippen molar-refractivity contribution < 1.29 is 18.3 Å². The number of alkyl halides is 2. The molecule has 1 N–H and O–H groups in total. The van der Waals surface area contributed by atoms with E-state index >= 15 is 0 Å². The van der Waals surface area contributed by atoms with E-state index in [4.69, 9.17) is 4.43 Å². The molecule has 0 aromatic heterocycles. The third kappa shape index (κ3) is 3.51. The van der Waals surface area contributed by atoms with Gasteiger partial charge in [-0.05, 0) is 49.4 Å². The Morgan fingerprint density at radius 3 is 2.30 bits per heavy atom. The van der Waals surface area contributed by atoms with Gasteiger partial charge in [-0.3, -0.25) is 0 Å². The summed E-state index contributed by atoms with van der Waals surface area (Å²) in [6.07, 6.45) is 1.19. The zero-order valence-electron chi connectivity index (χ0n) is 14.8. The van der Waals surface area contributed by atoms with Gasteiger partial charge < -0.3 is 9.53 Å². The van der Waals surface area contributed by atoms with Gasteiger partial charge in [-0.2, -0.15) is 8.78 Å². The summed E-state index contributed by atoms with van der Waals surface area (Å²) in [5.41, 5.74) is -0.644. The molecule has 2 rings (SSSR count). The van der Waals surface area contributed by atoms with E-state index < -0.39 is 20.6 Å². The predicted octanol–water partition coefficient (Wildman–Crippen LogP) is 4.97. The van der Waals surface area contributed by atoms with Gasteiger partial charge in [-0.1, -0.05) is 39.0 Å². The highest BCUT2D eigenvalue weighted by Gasteiger charge is 2.49. The van der Waals surface area contributed by atoms with Crippen molar-refractivity contribution in [1.29, 1.82) is 0 Å². The Morgan fingerprint density at radius 2 is 1.78 bits per heavy atom. The average Bonchev–Trinajstić information content (AvgIpc) is 2.79. The molecule has 129 valence electrons. The van der Waals surface area contributed by atoms with Crippen LogP contribution in [0.1, 0.15) is 63.8 Å². The Labute approximate surface area is 139 Å². The molecular weight excluding hydrogens is 314 g/mol. The molecule has 23 heavy (non-hydrogen) atoms. The highest BCUT2D eigenvalue weighted by Crippen LogP contribution is 2.46. The predicted molar refractivity (Wildman–Crippen MR) is 90.1 cm³/mol. The Balaban J connectivity index is 2.35. The van der Waals surface area contributed by atoms with Gasteiger partial charge >= 0.3 is 5.92 Å². The highest BCUT2D eigenvalue weighted by molar-refractivity contribution is 6.53. The van der Waals surface area contributed by atoms with E-state index in [1.165, 1.54) is 6.07 Å². The molecule has 2 nitrogen and oxygen atoms in total. The van der Waals surface area contributed by atoms with Gasteiger partial charge in [-0.15, -0.1) is 0 Å². The minimum atomic E-state index is -3.28. The molecule has 0 bridgehead atoms. The van der Waals surface area contributed by atoms with Crippen molar-refractivity contribution in [3.05, 3.63) is 34.9 Å². The summed E-state index contributed by atoms with van der Waals surface area (Å²) >= 11 is 0. The number of rotatable bonds is 4. The maximum absolute atomic E-state index is 14.6. The molecule has 0 amide bonds. The van der Waals surface area contributed by atoms with E-state index in [9.17, 15) is 13.9 Å². The van der Waals surface area contributed by atoms with Gasteiger partial charge in [0.2, 0.25) is 9.04 Å². The van der Waals surface area contributed by atoms with Crippen LogP contribution in [0.25, 0.3) is 0 Å². The first-order valence-corrected chi connectivity index (χ1v) is 9.99. The molecule has 1 aliphatic carbocycles. The van der Waals surface area contributed by atoms with E-state index in [1.54, 1.807) is 6.07 Å². The van der Waals surface area contributed by atoms with E-state index in [1.807, 2.05) is 6.07 Å². The maximum Gasteiger partial charge on any atom is 0.300 e. The second kappa shape index (κ2) is 5.94. The number of benzene rings is 1. The summed E-state index contributed by atoms with van der Waals surface area (Å²) in [6.45, 7) is 10.9. The van der Waals surface area contributed by atoms with Gasteiger partial charge in [0.15, 0.2) is 0 Å². The molecular formula is C18H27F2O2Si. The fourth-order valence-electron chi connectivity index (χ4n) is 2.75. The van der Waals surface area contributed by atoms with E-state index in [0.29, 0.717) is 12.0 Å². The van der Waals surface area contributed by atoms with Crippen LogP contribution in [0.5, 0.6) is 0 Å². The van der Waals surface area contributed by atoms with Crippen LogP contribution in [0.3, 0.4) is 0 Å². The monoisotopic (exact) mass is 341 g/mol. The molecule has 1 aromatic rings. The number of hydrogen-bond donors (Lipinski definition) is 1. The van der Waals surface area contributed by atoms with Crippen molar-refractivity contribution in [3.63, 3.8) is 0 Å². The Kier molecular flexibility index (Phi) is 4.79. The van der Waals surface area contributed by atoms with Gasteiger partial charge in [0, 0.05) is 5.56 Å². The fourth-order valence-corrected chi connectivity index (χ4v) is 3.78. The summed E-state index contributed by atoms with van der Waals surface area (Å²) < 4.78 is 35.5. The number of aliphatic hydroxyl groups is 1. The van der Waals surface area contributed by atoms with Crippen LogP contribution < -0.4 is 0 Å². The molecule has 0 spiro atoms. The molecule has 0 heterocycles. The van der Waals surface area contributed by atoms with E-state index in [-0.39, 0.29) is 16.7 Å². The van der Waals surface area contributed by atoms with Crippen LogP contribution in [-0.2, 0) is 16.8 Å². The molecule has 0 saturated carbocycles. The third-order valence-electron chi connectivity index (χ3n) is 4.70. The number of hydrogen-bond acceptors (Lipinski definition) is 2. The van der Waals surface area contributed by atoms with Gasteiger partial charge in [-0.25, -0.2) is 0 Å². The van der Waals surface area contributed by atoms with Gasteiger partial charge in [0.1, 0.15) is 5.60 Å². The van der Waals surface area contributed by atoms with Crippen molar-refractivity contribution in [2.24, 2.45) is 0 Å². The second-order valence-corrected chi connectivity index (χ2v) is 10.8. The molecule has 0 fully saturated rings. The first-order valence-electron chi connectivity index (χ1n) is 8.09. The SMILES string of the molecule is C[Si](O[C@H]1CCc2c1cccc2C(F)(F)C(C)(C)O)C(C)(C)C. The molecule has 1 radical (unpaired) electrons. The molecule has 5 heteroatoms. The van der Waals surface area contributed by atoms with Crippen LogP contribution in [0.15, 0.2) is 18.2 Å². The lowest BCUT2D eigenvalue weighted by Gasteiger charge is -2.31. The summed E-state index contributed by atoms with van der Waals surface area (Å²) in [4.78, 5) is 0. The van der Waals surface area contributed by atoms with Crippen LogP contribution in [0, 0.1) is 0 Å². The van der Waals surface area contributed by atoms with E-state index in [2.05, 4.69) is 27.3 Å². The summed E-state index contributed by atoms with van der Waals surface area (Å²) in [6, 6.07) is 4.96. The highest BCUT2D eigenvalue weighted by atomic mass is 28.3. The zero-order chi connectivity index (χ0) is 17.6. The average molecular weight is 341 g/mol. The fraction of sp³-hybridized carbons (Fsp3) is 0.667. The summed E-state index contributed by atoms with van der Waals surface area (Å²) in [7, 11) is -1.04. The molecule has 1 atom stereocenters. The molecule has 1 aromatic carbocycles. The van der Waals surface area contributed by atoms with Crippen molar-refractivity contribution in [2.45, 2.75) is 76.7 Å². The second-order valence-electron chi connectivity index (χ2n) is 7.96. The normalized spacial score (nSPS) is 19.3. The topological polar surface area (TPSA) is 29.5 Å². The molecule has 0 unspecified atom stereocenters. The standard InChI is InChI=1S/C18H27F2O2Si/c1-16(2,3)23(6)22-15-11-10-12-13(15)8-7-9-14(12)18(19,20)17(4,5)21/h7-9,15,21H,10-11H2,1-6H3/t15-/m0/s1. The first-order chi connectivity index (χ1) is 10.4. The Hall–Kier alpha value is -0.783. The van der Waals surface area contributed by atoms with Crippen LogP contribution in [0.4, 0.5) is 8.78 Å². The third-order valence-corrected chi connectivity index (χ3v) is 7.45. The van der Waals surface area contributed by atoms with Crippen molar-refractivity contribution in [1.82, 2.24) is 0 Å². The summed E-state index contributed by atoms with van der Waals surface area (Å²) in [5, 5.41) is 9.97. The lowest BCUT2D eigenvalue weighted by molar-refractivity contribution is -0.169. The van der Waals surface area contributed by atoms with Gasteiger partial charge in [0.25, 0.3) is 0 Å². The Bertz CT molecular complexity index is 573. The zero-order valence-corrected chi connectivity index (χ0v) is 15.8. The quantitative estimate of drug-likeness (QED) is 0.783. The Morgan fingerprint density at radius 1 is 1.17 bits per heavy atom.